The Morgan fingerprint density at radius 2 is 1.76 bits per heavy atom. The number of benzene rings is 2. The Morgan fingerprint density at radius 1 is 1.00 bits per heavy atom. The van der Waals surface area contributed by atoms with Gasteiger partial charge in [-0.3, -0.25) is 4.79 Å². The van der Waals surface area contributed by atoms with Crippen LogP contribution in [0.3, 0.4) is 0 Å². The van der Waals surface area contributed by atoms with Gasteiger partial charge in [-0.25, -0.2) is 0 Å². The molecule has 0 atom stereocenters. The van der Waals surface area contributed by atoms with Crippen molar-refractivity contribution in [3.8, 4) is 11.5 Å². The lowest BCUT2D eigenvalue weighted by molar-refractivity contribution is -0.111. The third-order valence-corrected chi connectivity index (χ3v) is 4.43. The van der Waals surface area contributed by atoms with E-state index in [0.29, 0.717) is 5.75 Å². The van der Waals surface area contributed by atoms with Crippen molar-refractivity contribution < 1.29 is 14.3 Å². The Bertz CT molecular complexity index is 793. The van der Waals surface area contributed by atoms with E-state index >= 15 is 0 Å². The van der Waals surface area contributed by atoms with Crippen molar-refractivity contribution in [1.82, 2.24) is 0 Å². The Morgan fingerprint density at radius 3 is 2.56 bits per heavy atom. The van der Waals surface area contributed by atoms with Crippen LogP contribution in [0.25, 0.3) is 6.08 Å². The third-order valence-electron chi connectivity index (χ3n) is 4.43. The number of amides is 1. The molecule has 5 nitrogen and oxygen atoms in total. The third kappa shape index (κ3) is 3.60. The summed E-state index contributed by atoms with van der Waals surface area (Å²) in [5, 5.41) is 2.88. The van der Waals surface area contributed by atoms with Crippen LogP contribution < -0.4 is 19.7 Å². The van der Waals surface area contributed by atoms with Crippen LogP contribution in [0.1, 0.15) is 18.4 Å². The predicted molar refractivity (Wildman–Crippen MR) is 98.1 cm³/mol. The van der Waals surface area contributed by atoms with Gasteiger partial charge in [-0.05, 0) is 60.9 Å². The molecule has 0 bridgehead atoms. The van der Waals surface area contributed by atoms with Crippen molar-refractivity contribution in [2.75, 3.05) is 30.1 Å². The van der Waals surface area contributed by atoms with Crippen molar-refractivity contribution in [2.24, 2.45) is 0 Å². The van der Waals surface area contributed by atoms with Crippen molar-refractivity contribution >= 4 is 23.4 Å². The minimum absolute atomic E-state index is 0.161. The van der Waals surface area contributed by atoms with Gasteiger partial charge in [-0.1, -0.05) is 6.07 Å². The van der Waals surface area contributed by atoms with E-state index in [0.717, 1.165) is 30.1 Å². The van der Waals surface area contributed by atoms with E-state index in [-0.39, 0.29) is 12.7 Å². The van der Waals surface area contributed by atoms with Crippen LogP contribution >= 0.6 is 0 Å². The zero-order valence-corrected chi connectivity index (χ0v) is 13.9. The smallest absolute Gasteiger partial charge is 0.248 e. The molecule has 0 aliphatic carbocycles. The second kappa shape index (κ2) is 6.89. The van der Waals surface area contributed by atoms with Crippen molar-refractivity contribution in [1.29, 1.82) is 0 Å². The molecule has 2 aromatic carbocycles. The fraction of sp³-hybridized carbons (Fsp3) is 0.250. The molecule has 1 fully saturated rings. The van der Waals surface area contributed by atoms with Crippen molar-refractivity contribution in [3.05, 3.63) is 54.1 Å². The average molecular weight is 336 g/mol. The molecule has 5 heteroatoms. The topological polar surface area (TPSA) is 50.8 Å². The molecule has 1 N–H and O–H groups in total. The summed E-state index contributed by atoms with van der Waals surface area (Å²) in [5.74, 6) is 1.28. The normalized spacial score (nSPS) is 15.8. The first-order chi connectivity index (χ1) is 12.3. The number of hydrogen-bond donors (Lipinski definition) is 1. The summed E-state index contributed by atoms with van der Waals surface area (Å²) in [6.07, 6.45) is 5.79. The number of nitrogens with zero attached hydrogens (tertiary/aromatic N) is 1. The summed E-state index contributed by atoms with van der Waals surface area (Å²) >= 11 is 0. The molecule has 0 spiro atoms. The fourth-order valence-electron chi connectivity index (χ4n) is 3.10. The van der Waals surface area contributed by atoms with Crippen LogP contribution in [0.5, 0.6) is 11.5 Å². The maximum absolute atomic E-state index is 12.1. The average Bonchev–Trinajstić information content (AvgIpc) is 3.32. The fourth-order valence-corrected chi connectivity index (χ4v) is 3.10. The number of carbonyl (C=O) groups excluding carboxylic acids is 1. The predicted octanol–water partition coefficient (Wildman–Crippen LogP) is 3.67. The maximum atomic E-state index is 12.1. The zero-order chi connectivity index (χ0) is 17.1. The van der Waals surface area contributed by atoms with Gasteiger partial charge >= 0.3 is 0 Å². The lowest BCUT2D eigenvalue weighted by Crippen LogP contribution is -2.17. The molecule has 0 aromatic heterocycles. The van der Waals surface area contributed by atoms with Crippen molar-refractivity contribution in [2.45, 2.75) is 12.8 Å². The molecule has 0 saturated carbocycles. The van der Waals surface area contributed by atoms with Gasteiger partial charge in [0, 0.05) is 30.5 Å². The minimum Gasteiger partial charge on any atom is -0.454 e. The van der Waals surface area contributed by atoms with E-state index in [9.17, 15) is 4.79 Å². The molecule has 25 heavy (non-hydrogen) atoms. The lowest BCUT2D eigenvalue weighted by Gasteiger charge is -2.17. The lowest BCUT2D eigenvalue weighted by atomic mass is 10.2. The molecule has 128 valence electrons. The largest absolute Gasteiger partial charge is 0.454 e. The van der Waals surface area contributed by atoms with Gasteiger partial charge in [0.25, 0.3) is 0 Å². The highest BCUT2D eigenvalue weighted by atomic mass is 16.7. The molecule has 2 aliphatic rings. The van der Waals surface area contributed by atoms with Crippen LogP contribution in [-0.2, 0) is 4.79 Å². The van der Waals surface area contributed by atoms with Gasteiger partial charge in [0.1, 0.15) is 0 Å². The summed E-state index contributed by atoms with van der Waals surface area (Å²) in [6, 6.07) is 13.6. The van der Waals surface area contributed by atoms with Crippen LogP contribution in [0.15, 0.2) is 48.5 Å². The molecule has 4 rings (SSSR count). The number of carbonyl (C=O) groups is 1. The highest BCUT2D eigenvalue weighted by Crippen LogP contribution is 2.32. The van der Waals surface area contributed by atoms with E-state index < -0.39 is 0 Å². The Kier molecular flexibility index (Phi) is 4.29. The molecule has 1 amide bonds. The monoisotopic (exact) mass is 336 g/mol. The summed E-state index contributed by atoms with van der Waals surface area (Å²) in [4.78, 5) is 14.5. The standard InChI is InChI=1S/C20H20N2O3/c23-20(10-4-15-3-9-18-19(13-15)25-14-24-18)21-16-5-7-17(8-6-16)22-11-1-2-12-22/h3-10,13H,1-2,11-12,14H2,(H,21,23)/b10-4+. The number of ether oxygens (including phenoxy) is 2. The molecule has 0 radical (unpaired) electrons. The van der Waals surface area contributed by atoms with Gasteiger partial charge in [0.05, 0.1) is 0 Å². The van der Waals surface area contributed by atoms with Crippen LogP contribution in [-0.4, -0.2) is 25.8 Å². The van der Waals surface area contributed by atoms with Crippen LogP contribution in [0, 0.1) is 0 Å². The maximum Gasteiger partial charge on any atom is 0.248 e. The van der Waals surface area contributed by atoms with Gasteiger partial charge in [-0.15, -0.1) is 0 Å². The van der Waals surface area contributed by atoms with E-state index in [1.54, 1.807) is 6.08 Å². The molecule has 2 heterocycles. The number of fused-ring (bicyclic) bond motifs is 1. The van der Waals surface area contributed by atoms with E-state index in [1.165, 1.54) is 24.6 Å². The van der Waals surface area contributed by atoms with Gasteiger partial charge < -0.3 is 19.7 Å². The number of hydrogen-bond acceptors (Lipinski definition) is 4. The quantitative estimate of drug-likeness (QED) is 0.866. The molecule has 1 saturated heterocycles. The zero-order valence-electron chi connectivity index (χ0n) is 13.9. The van der Waals surface area contributed by atoms with Crippen LogP contribution in [0.2, 0.25) is 0 Å². The van der Waals surface area contributed by atoms with Crippen LogP contribution in [0.4, 0.5) is 11.4 Å². The summed E-state index contributed by atoms with van der Waals surface area (Å²) < 4.78 is 10.6. The van der Waals surface area contributed by atoms with Gasteiger partial charge in [0.15, 0.2) is 11.5 Å². The molecule has 0 unspecified atom stereocenters. The second-order valence-corrected chi connectivity index (χ2v) is 6.18. The summed E-state index contributed by atoms with van der Waals surface area (Å²) in [5.41, 5.74) is 2.90. The van der Waals surface area contributed by atoms with E-state index in [4.69, 9.17) is 9.47 Å². The Hall–Kier alpha value is -2.95. The summed E-state index contributed by atoms with van der Waals surface area (Å²) in [7, 11) is 0. The highest BCUT2D eigenvalue weighted by Gasteiger charge is 2.13. The summed E-state index contributed by atoms with van der Waals surface area (Å²) in [6.45, 7) is 2.48. The molecular formula is C20H20N2O3. The molecule has 2 aromatic rings. The second-order valence-electron chi connectivity index (χ2n) is 6.18. The Balaban J connectivity index is 1.36. The SMILES string of the molecule is O=C(/C=C/c1ccc2c(c1)OCO2)Nc1ccc(N2CCCC2)cc1. The number of anilines is 2. The molecular weight excluding hydrogens is 316 g/mol. The van der Waals surface area contributed by atoms with E-state index in [2.05, 4.69) is 22.3 Å². The van der Waals surface area contributed by atoms with Crippen molar-refractivity contribution in [3.63, 3.8) is 0 Å². The number of nitrogens with one attached hydrogen (secondary N) is 1. The first-order valence-electron chi connectivity index (χ1n) is 8.52. The van der Waals surface area contributed by atoms with Gasteiger partial charge in [-0.2, -0.15) is 0 Å². The van der Waals surface area contributed by atoms with E-state index in [1.807, 2.05) is 30.3 Å². The highest BCUT2D eigenvalue weighted by molar-refractivity contribution is 6.02. The Labute approximate surface area is 146 Å². The minimum atomic E-state index is -0.161. The first kappa shape index (κ1) is 15.6. The molecule has 2 aliphatic heterocycles. The first-order valence-corrected chi connectivity index (χ1v) is 8.52. The number of rotatable bonds is 4. The van der Waals surface area contributed by atoms with Gasteiger partial charge in [0.2, 0.25) is 12.7 Å².